The van der Waals surface area contributed by atoms with E-state index in [1.165, 1.54) is 15.8 Å². The lowest BCUT2D eigenvalue weighted by molar-refractivity contribution is -0.143. The third-order valence-corrected chi connectivity index (χ3v) is 3.92. The SMILES string of the molecule is CC(C)Cn1ncc(NC(=O)N2CCCC(C(=O)O)C2)c1C(F)F. The van der Waals surface area contributed by atoms with Crippen LogP contribution in [0, 0.1) is 11.8 Å². The first-order chi connectivity index (χ1) is 11.3. The molecule has 1 aliphatic rings. The van der Waals surface area contributed by atoms with Crippen LogP contribution in [0.3, 0.4) is 0 Å². The first kappa shape index (κ1) is 18.2. The van der Waals surface area contributed by atoms with Gasteiger partial charge in [0, 0.05) is 19.6 Å². The number of piperidine rings is 1. The van der Waals surface area contributed by atoms with Crippen LogP contribution in [0.4, 0.5) is 19.3 Å². The lowest BCUT2D eigenvalue weighted by Gasteiger charge is -2.30. The fourth-order valence-electron chi connectivity index (χ4n) is 2.77. The van der Waals surface area contributed by atoms with Gasteiger partial charge in [-0.1, -0.05) is 13.8 Å². The number of nitrogens with zero attached hydrogens (tertiary/aromatic N) is 3. The van der Waals surface area contributed by atoms with Crippen molar-refractivity contribution in [2.75, 3.05) is 18.4 Å². The molecule has 1 unspecified atom stereocenters. The highest BCUT2D eigenvalue weighted by atomic mass is 19.3. The van der Waals surface area contributed by atoms with Gasteiger partial charge >= 0.3 is 12.0 Å². The number of nitrogens with one attached hydrogen (secondary N) is 1. The van der Waals surface area contributed by atoms with Crippen LogP contribution in [0.1, 0.15) is 38.8 Å². The van der Waals surface area contributed by atoms with E-state index < -0.39 is 24.3 Å². The first-order valence-electron chi connectivity index (χ1n) is 7.92. The minimum absolute atomic E-state index is 0.0342. The Morgan fingerprint density at radius 1 is 1.46 bits per heavy atom. The monoisotopic (exact) mass is 344 g/mol. The quantitative estimate of drug-likeness (QED) is 0.860. The van der Waals surface area contributed by atoms with Gasteiger partial charge in [-0.15, -0.1) is 0 Å². The van der Waals surface area contributed by atoms with Gasteiger partial charge in [-0.3, -0.25) is 9.48 Å². The van der Waals surface area contributed by atoms with E-state index in [9.17, 15) is 18.4 Å². The maximum Gasteiger partial charge on any atom is 0.321 e. The van der Waals surface area contributed by atoms with E-state index in [0.717, 1.165) is 0 Å². The van der Waals surface area contributed by atoms with Crippen molar-refractivity contribution in [1.82, 2.24) is 14.7 Å². The third-order valence-electron chi connectivity index (χ3n) is 3.92. The predicted octanol–water partition coefficient (Wildman–Crippen LogP) is 2.81. The van der Waals surface area contributed by atoms with Crippen molar-refractivity contribution in [3.63, 3.8) is 0 Å². The van der Waals surface area contributed by atoms with Crippen molar-refractivity contribution >= 4 is 17.7 Å². The van der Waals surface area contributed by atoms with Crippen LogP contribution in [0.5, 0.6) is 0 Å². The van der Waals surface area contributed by atoms with Crippen LogP contribution in [0.25, 0.3) is 0 Å². The van der Waals surface area contributed by atoms with Gasteiger partial charge in [0.2, 0.25) is 0 Å². The van der Waals surface area contributed by atoms with E-state index in [1.807, 2.05) is 13.8 Å². The number of carbonyl (C=O) groups excluding carboxylic acids is 1. The standard InChI is InChI=1S/C15H22F2N4O3/c1-9(2)7-21-12(13(16)17)11(6-18-21)19-15(24)20-5-3-4-10(8-20)14(22)23/h6,9-10,13H,3-5,7-8H2,1-2H3,(H,19,24)(H,22,23). The van der Waals surface area contributed by atoms with Gasteiger partial charge < -0.3 is 15.3 Å². The second-order valence-corrected chi connectivity index (χ2v) is 6.37. The molecule has 2 amide bonds. The molecule has 0 spiro atoms. The average Bonchev–Trinajstić information content (AvgIpc) is 2.89. The number of urea groups is 1. The maximum atomic E-state index is 13.3. The van der Waals surface area contributed by atoms with Crippen molar-refractivity contribution in [2.45, 2.75) is 39.7 Å². The lowest BCUT2D eigenvalue weighted by Crippen LogP contribution is -2.44. The highest BCUT2D eigenvalue weighted by Gasteiger charge is 2.29. The zero-order valence-electron chi connectivity index (χ0n) is 13.7. The summed E-state index contributed by atoms with van der Waals surface area (Å²) >= 11 is 0. The number of hydrogen-bond acceptors (Lipinski definition) is 3. The largest absolute Gasteiger partial charge is 0.481 e. The van der Waals surface area contributed by atoms with Crippen LogP contribution < -0.4 is 5.32 Å². The Kier molecular flexibility index (Phi) is 5.74. The second-order valence-electron chi connectivity index (χ2n) is 6.37. The highest BCUT2D eigenvalue weighted by Crippen LogP contribution is 2.28. The van der Waals surface area contributed by atoms with E-state index in [-0.39, 0.29) is 23.8 Å². The Bertz CT molecular complexity index is 604. The van der Waals surface area contributed by atoms with E-state index in [2.05, 4.69) is 10.4 Å². The minimum atomic E-state index is -2.77. The molecule has 2 N–H and O–H groups in total. The number of likely N-dealkylation sites (tertiary alicyclic amines) is 1. The second kappa shape index (κ2) is 7.59. The van der Waals surface area contributed by atoms with Gasteiger partial charge in [-0.05, 0) is 18.8 Å². The molecular formula is C15H22F2N4O3. The summed E-state index contributed by atoms with van der Waals surface area (Å²) in [6.07, 6.45) is -0.484. The molecule has 134 valence electrons. The van der Waals surface area contributed by atoms with Gasteiger partial charge in [0.05, 0.1) is 17.8 Å². The van der Waals surface area contributed by atoms with Gasteiger partial charge in [-0.2, -0.15) is 5.10 Å². The Morgan fingerprint density at radius 2 is 2.17 bits per heavy atom. The zero-order chi connectivity index (χ0) is 17.9. The van der Waals surface area contributed by atoms with Crippen LogP contribution in [0.15, 0.2) is 6.20 Å². The first-order valence-corrected chi connectivity index (χ1v) is 7.92. The lowest BCUT2D eigenvalue weighted by atomic mass is 9.99. The van der Waals surface area contributed by atoms with E-state index in [4.69, 9.17) is 5.11 Å². The summed E-state index contributed by atoms with van der Waals surface area (Å²) in [6, 6.07) is -0.577. The molecule has 1 atom stereocenters. The molecule has 1 aromatic rings. The number of amides is 2. The molecule has 0 radical (unpaired) electrons. The number of anilines is 1. The summed E-state index contributed by atoms with van der Waals surface area (Å²) in [5.41, 5.74) is -0.364. The molecule has 0 aliphatic carbocycles. The Morgan fingerprint density at radius 3 is 2.75 bits per heavy atom. The Hall–Kier alpha value is -2.19. The van der Waals surface area contributed by atoms with Crippen molar-refractivity contribution < 1.29 is 23.5 Å². The average molecular weight is 344 g/mol. The number of carbonyl (C=O) groups is 2. The van der Waals surface area contributed by atoms with Crippen LogP contribution in [-0.4, -0.2) is 44.9 Å². The molecule has 2 heterocycles. The molecule has 7 nitrogen and oxygen atoms in total. The molecule has 1 saturated heterocycles. The normalized spacial score (nSPS) is 18.2. The number of rotatable bonds is 5. The molecule has 0 bridgehead atoms. The molecule has 0 saturated carbocycles. The molecule has 0 aromatic carbocycles. The Balaban J connectivity index is 2.11. The van der Waals surface area contributed by atoms with Crippen molar-refractivity contribution in [3.8, 4) is 0 Å². The molecule has 1 aliphatic heterocycles. The van der Waals surface area contributed by atoms with Crippen LogP contribution in [0.2, 0.25) is 0 Å². The summed E-state index contributed by atoms with van der Waals surface area (Å²) in [6.45, 7) is 4.56. The predicted molar refractivity (Wildman–Crippen MR) is 83.0 cm³/mol. The summed E-state index contributed by atoms with van der Waals surface area (Å²) in [7, 11) is 0. The Labute approximate surface area is 138 Å². The zero-order valence-corrected chi connectivity index (χ0v) is 13.7. The fourth-order valence-corrected chi connectivity index (χ4v) is 2.77. The molecule has 1 aromatic heterocycles. The smallest absolute Gasteiger partial charge is 0.321 e. The van der Waals surface area contributed by atoms with E-state index >= 15 is 0 Å². The fraction of sp³-hybridized carbons (Fsp3) is 0.667. The summed E-state index contributed by atoms with van der Waals surface area (Å²) in [4.78, 5) is 24.7. The number of carboxylic acid groups (broad SMARTS) is 1. The van der Waals surface area contributed by atoms with Gasteiger partial charge in [0.15, 0.2) is 0 Å². The van der Waals surface area contributed by atoms with Crippen LogP contribution in [-0.2, 0) is 11.3 Å². The number of aromatic nitrogens is 2. The maximum absolute atomic E-state index is 13.3. The molecule has 1 fully saturated rings. The summed E-state index contributed by atoms with van der Waals surface area (Å²) in [5.74, 6) is -1.45. The summed E-state index contributed by atoms with van der Waals surface area (Å²) in [5, 5.41) is 15.4. The molecule has 24 heavy (non-hydrogen) atoms. The third kappa shape index (κ3) is 4.21. The van der Waals surface area contributed by atoms with Gasteiger partial charge in [0.1, 0.15) is 5.69 Å². The highest BCUT2D eigenvalue weighted by molar-refractivity contribution is 5.90. The van der Waals surface area contributed by atoms with E-state index in [1.54, 1.807) is 0 Å². The number of carboxylic acids is 1. The minimum Gasteiger partial charge on any atom is -0.481 e. The van der Waals surface area contributed by atoms with Gasteiger partial charge in [-0.25, -0.2) is 13.6 Å². The van der Waals surface area contributed by atoms with Crippen molar-refractivity contribution in [2.24, 2.45) is 11.8 Å². The van der Waals surface area contributed by atoms with Gasteiger partial charge in [0.25, 0.3) is 6.43 Å². The molecular weight excluding hydrogens is 322 g/mol. The summed E-state index contributed by atoms with van der Waals surface area (Å²) < 4.78 is 27.9. The molecule has 9 heteroatoms. The number of aliphatic carboxylic acids is 1. The van der Waals surface area contributed by atoms with Crippen molar-refractivity contribution in [1.29, 1.82) is 0 Å². The number of hydrogen-bond donors (Lipinski definition) is 2. The van der Waals surface area contributed by atoms with E-state index in [0.29, 0.717) is 25.9 Å². The topological polar surface area (TPSA) is 87.5 Å². The van der Waals surface area contributed by atoms with Crippen LogP contribution >= 0.6 is 0 Å². The molecule has 2 rings (SSSR count). The number of alkyl halides is 2. The number of halogens is 2. The van der Waals surface area contributed by atoms with Crippen molar-refractivity contribution in [3.05, 3.63) is 11.9 Å².